The Labute approximate surface area is 140 Å². The van der Waals surface area contributed by atoms with Gasteiger partial charge in [-0.1, -0.05) is 34.1 Å². The Bertz CT molecular complexity index is 576. The molecule has 0 aliphatic heterocycles. The molecule has 0 N–H and O–H groups in total. The van der Waals surface area contributed by atoms with Crippen molar-refractivity contribution in [2.24, 2.45) is 0 Å². The molecule has 0 atom stereocenters. The summed E-state index contributed by atoms with van der Waals surface area (Å²) in [5, 5.41) is 0. The van der Waals surface area contributed by atoms with Crippen molar-refractivity contribution in [2.45, 2.75) is 5.88 Å². The lowest BCUT2D eigenvalue weighted by molar-refractivity contribution is 0.215. The van der Waals surface area contributed by atoms with Crippen LogP contribution < -0.4 is 9.47 Å². The molecule has 0 aromatic heterocycles. The zero-order valence-corrected chi connectivity index (χ0v) is 14.5. The molecule has 2 aromatic rings. The van der Waals surface area contributed by atoms with Crippen molar-refractivity contribution in [1.82, 2.24) is 0 Å². The fraction of sp³-hybridized carbons (Fsp3) is 0.200. The first kappa shape index (κ1) is 15.7. The fourth-order valence-electron chi connectivity index (χ4n) is 1.68. The van der Waals surface area contributed by atoms with Crippen LogP contribution in [0.3, 0.4) is 0 Å². The summed E-state index contributed by atoms with van der Waals surface area (Å²) in [5.74, 6) is 2.01. The molecule has 0 radical (unpaired) electrons. The lowest BCUT2D eigenvalue weighted by Gasteiger charge is -2.12. The highest BCUT2D eigenvalue weighted by atomic mass is 79.9. The number of benzene rings is 2. The number of hydrogen-bond acceptors (Lipinski definition) is 2. The number of para-hydroxylation sites is 1. The maximum absolute atomic E-state index is 5.89. The van der Waals surface area contributed by atoms with Crippen LogP contribution in [0.4, 0.5) is 0 Å². The summed E-state index contributed by atoms with van der Waals surface area (Å²) < 4.78 is 13.3. The molecule has 0 unspecified atom stereocenters. The van der Waals surface area contributed by atoms with Crippen molar-refractivity contribution in [2.75, 3.05) is 13.2 Å². The van der Waals surface area contributed by atoms with E-state index >= 15 is 0 Å². The van der Waals surface area contributed by atoms with Crippen LogP contribution in [-0.4, -0.2) is 13.2 Å². The largest absolute Gasteiger partial charge is 0.490 e. The Morgan fingerprint density at radius 2 is 1.70 bits per heavy atom. The van der Waals surface area contributed by atoms with Gasteiger partial charge in [0.25, 0.3) is 0 Å². The van der Waals surface area contributed by atoms with E-state index < -0.39 is 0 Å². The highest BCUT2D eigenvalue weighted by Crippen LogP contribution is 2.30. The smallest absolute Gasteiger partial charge is 0.138 e. The Balaban J connectivity index is 1.87. The average molecular weight is 421 g/mol. The molecule has 106 valence electrons. The van der Waals surface area contributed by atoms with E-state index in [1.165, 1.54) is 0 Å². The lowest BCUT2D eigenvalue weighted by atomic mass is 10.2. The van der Waals surface area contributed by atoms with Gasteiger partial charge >= 0.3 is 0 Å². The molecule has 0 fully saturated rings. The molecule has 2 aromatic carbocycles. The highest BCUT2D eigenvalue weighted by Gasteiger charge is 2.07. The van der Waals surface area contributed by atoms with E-state index in [0.717, 1.165) is 26.0 Å². The normalized spacial score (nSPS) is 10.3. The Morgan fingerprint density at radius 3 is 2.45 bits per heavy atom. The van der Waals surface area contributed by atoms with Crippen molar-refractivity contribution in [3.8, 4) is 11.5 Å². The summed E-state index contributed by atoms with van der Waals surface area (Å²) in [6.45, 7) is 0.929. The van der Waals surface area contributed by atoms with Crippen LogP contribution in [0.15, 0.2) is 51.4 Å². The summed E-state index contributed by atoms with van der Waals surface area (Å²) in [4.78, 5) is 0. The Morgan fingerprint density at radius 1 is 0.950 bits per heavy atom. The molecule has 5 heteroatoms. The molecule has 0 bridgehead atoms. The summed E-state index contributed by atoms with van der Waals surface area (Å²) >= 11 is 12.8. The van der Waals surface area contributed by atoms with Crippen LogP contribution >= 0.6 is 43.5 Å². The SMILES string of the molecule is ClCc1cccc(Br)c1OCCOc1cccc(Br)c1. The highest BCUT2D eigenvalue weighted by molar-refractivity contribution is 9.10. The standard InChI is InChI=1S/C15H13Br2ClO2/c16-12-4-2-5-13(9-12)19-7-8-20-15-11(10-18)3-1-6-14(15)17/h1-6,9H,7-8,10H2. The van der Waals surface area contributed by atoms with Gasteiger partial charge in [0.2, 0.25) is 0 Å². The maximum atomic E-state index is 5.89. The van der Waals surface area contributed by atoms with E-state index in [1.807, 2.05) is 42.5 Å². The second-order valence-corrected chi connectivity index (χ2v) is 6.05. The van der Waals surface area contributed by atoms with Gasteiger partial charge in [0.1, 0.15) is 24.7 Å². The van der Waals surface area contributed by atoms with Crippen molar-refractivity contribution >= 4 is 43.5 Å². The van der Waals surface area contributed by atoms with Crippen LogP contribution in [0, 0.1) is 0 Å². The summed E-state index contributed by atoms with van der Waals surface area (Å²) in [6, 6.07) is 13.5. The van der Waals surface area contributed by atoms with Crippen LogP contribution in [0.5, 0.6) is 11.5 Å². The molecule has 0 amide bonds. The van der Waals surface area contributed by atoms with Crippen molar-refractivity contribution in [3.05, 3.63) is 57.0 Å². The molecule has 0 saturated carbocycles. The second-order valence-electron chi connectivity index (χ2n) is 4.02. The molecule has 0 heterocycles. The third-order valence-electron chi connectivity index (χ3n) is 2.59. The maximum Gasteiger partial charge on any atom is 0.138 e. The van der Waals surface area contributed by atoms with Crippen LogP contribution in [-0.2, 0) is 5.88 Å². The lowest BCUT2D eigenvalue weighted by Crippen LogP contribution is -2.10. The molecular weight excluding hydrogens is 407 g/mol. The Kier molecular flexibility index (Phi) is 6.20. The minimum atomic E-state index is 0.418. The minimum Gasteiger partial charge on any atom is -0.490 e. The third-order valence-corrected chi connectivity index (χ3v) is 3.99. The number of rotatable bonds is 6. The second kappa shape index (κ2) is 7.91. The van der Waals surface area contributed by atoms with E-state index in [2.05, 4.69) is 31.9 Å². The molecule has 0 aliphatic carbocycles. The number of halogens is 3. The zero-order chi connectivity index (χ0) is 14.4. The summed E-state index contributed by atoms with van der Waals surface area (Å²) in [6.07, 6.45) is 0. The first-order valence-electron chi connectivity index (χ1n) is 6.05. The van der Waals surface area contributed by atoms with Crippen molar-refractivity contribution in [1.29, 1.82) is 0 Å². The zero-order valence-electron chi connectivity index (χ0n) is 10.6. The fourth-order valence-corrected chi connectivity index (χ4v) is 2.79. The molecule has 20 heavy (non-hydrogen) atoms. The van der Waals surface area contributed by atoms with Crippen molar-refractivity contribution < 1.29 is 9.47 Å². The van der Waals surface area contributed by atoms with Gasteiger partial charge in [-0.15, -0.1) is 11.6 Å². The monoisotopic (exact) mass is 418 g/mol. The molecular formula is C15H13Br2ClO2. The first-order valence-corrected chi connectivity index (χ1v) is 8.17. The molecule has 2 nitrogen and oxygen atoms in total. The van der Waals surface area contributed by atoms with Gasteiger partial charge in [-0.05, 0) is 40.2 Å². The molecule has 0 spiro atoms. The molecule has 0 saturated heterocycles. The first-order chi connectivity index (χ1) is 9.70. The average Bonchev–Trinajstić information content (AvgIpc) is 2.45. The van der Waals surface area contributed by atoms with Crippen LogP contribution in [0.25, 0.3) is 0 Å². The molecule has 2 rings (SSSR count). The number of hydrogen-bond donors (Lipinski definition) is 0. The van der Waals surface area contributed by atoms with Crippen LogP contribution in [0.2, 0.25) is 0 Å². The summed E-state index contributed by atoms with van der Waals surface area (Å²) in [7, 11) is 0. The molecule has 0 aliphatic rings. The van der Waals surface area contributed by atoms with Gasteiger partial charge in [0.05, 0.1) is 10.4 Å². The minimum absolute atomic E-state index is 0.418. The predicted octanol–water partition coefficient (Wildman–Crippen LogP) is 5.41. The van der Waals surface area contributed by atoms with Crippen LogP contribution in [0.1, 0.15) is 5.56 Å². The predicted molar refractivity (Wildman–Crippen MR) is 88.8 cm³/mol. The summed E-state index contributed by atoms with van der Waals surface area (Å²) in [5.41, 5.74) is 0.962. The van der Waals surface area contributed by atoms with Gasteiger partial charge < -0.3 is 9.47 Å². The van der Waals surface area contributed by atoms with E-state index in [9.17, 15) is 0 Å². The van der Waals surface area contributed by atoms with Gasteiger partial charge in [0, 0.05) is 10.0 Å². The van der Waals surface area contributed by atoms with E-state index in [4.69, 9.17) is 21.1 Å². The van der Waals surface area contributed by atoms with Gasteiger partial charge in [-0.3, -0.25) is 0 Å². The van der Waals surface area contributed by atoms with Gasteiger partial charge in [-0.25, -0.2) is 0 Å². The quantitative estimate of drug-likeness (QED) is 0.460. The van der Waals surface area contributed by atoms with E-state index in [0.29, 0.717) is 19.1 Å². The Hall–Kier alpha value is -0.710. The van der Waals surface area contributed by atoms with E-state index in [1.54, 1.807) is 0 Å². The van der Waals surface area contributed by atoms with E-state index in [-0.39, 0.29) is 0 Å². The van der Waals surface area contributed by atoms with Gasteiger partial charge in [-0.2, -0.15) is 0 Å². The van der Waals surface area contributed by atoms with Gasteiger partial charge in [0.15, 0.2) is 0 Å². The number of alkyl halides is 1. The third kappa shape index (κ3) is 4.40. The van der Waals surface area contributed by atoms with Crippen molar-refractivity contribution in [3.63, 3.8) is 0 Å². The topological polar surface area (TPSA) is 18.5 Å². The number of ether oxygens (including phenoxy) is 2.